The molecule has 66 heavy (non-hydrogen) atoms. The zero-order valence-corrected chi connectivity index (χ0v) is 42.7. The van der Waals surface area contributed by atoms with Gasteiger partial charge in [-0.2, -0.15) is 0 Å². The second kappa shape index (κ2) is 45.0. The minimum Gasteiger partial charge on any atom is -0.394 e. The summed E-state index contributed by atoms with van der Waals surface area (Å²) in [4.78, 5) is 13.1. The highest BCUT2D eigenvalue weighted by Gasteiger charge is 2.44. The summed E-state index contributed by atoms with van der Waals surface area (Å²) in [7, 11) is 0. The highest BCUT2D eigenvalue weighted by molar-refractivity contribution is 5.80. The topological polar surface area (TPSA) is 189 Å². The maximum atomic E-state index is 13.1. The van der Waals surface area contributed by atoms with E-state index >= 15 is 0 Å². The highest BCUT2D eigenvalue weighted by Crippen LogP contribution is 2.23. The molecule has 0 aromatic rings. The number of hydrogen-bond acceptors (Lipinski definition) is 10. The molecule has 1 fully saturated rings. The van der Waals surface area contributed by atoms with E-state index in [2.05, 4.69) is 31.3 Å². The third kappa shape index (κ3) is 33.4. The fourth-order valence-electron chi connectivity index (χ4n) is 9.21. The molecule has 0 saturated carbocycles. The van der Waals surface area contributed by atoms with E-state index in [9.17, 15) is 40.5 Å². The highest BCUT2D eigenvalue weighted by atomic mass is 16.7. The van der Waals surface area contributed by atoms with Gasteiger partial charge in [0.1, 0.15) is 36.6 Å². The molecule has 8 N–H and O–H groups in total. The molecule has 9 atom stereocenters. The van der Waals surface area contributed by atoms with Crippen LogP contribution in [0.25, 0.3) is 0 Å². The third-order valence-electron chi connectivity index (χ3n) is 13.8. The number of unbranched alkanes of at least 4 members (excludes halogenated alkanes) is 34. The summed E-state index contributed by atoms with van der Waals surface area (Å²) < 4.78 is 11.1. The smallest absolute Gasteiger partial charge is 0.249 e. The van der Waals surface area contributed by atoms with Gasteiger partial charge in [-0.1, -0.05) is 238 Å². The first-order valence-electron chi connectivity index (χ1n) is 28.1. The lowest BCUT2D eigenvalue weighted by Gasteiger charge is -2.40. The predicted molar refractivity (Wildman–Crippen MR) is 270 cm³/mol. The molecule has 1 aliphatic rings. The normalized spacial score (nSPS) is 20.8. The van der Waals surface area contributed by atoms with Gasteiger partial charge in [-0.15, -0.1) is 0 Å². The number of ether oxygens (including phenoxy) is 2. The SMILES string of the molecule is CCCCCCCCCCCCCCCCCCCCCC/C=C/CCCC(O)C(O)C(COC1OC(CO)C(O)C(O)C1O)NC(=O)C(O)CCCCCCCCCCCCCCCC. The van der Waals surface area contributed by atoms with Crippen molar-refractivity contribution in [3.05, 3.63) is 12.2 Å². The molecule has 0 spiro atoms. The minimum atomic E-state index is -1.66. The number of aliphatic hydroxyl groups excluding tert-OH is 7. The molecular formula is C55H107NO10. The van der Waals surface area contributed by atoms with Crippen LogP contribution < -0.4 is 5.32 Å². The Hall–Kier alpha value is -1.15. The first-order valence-corrected chi connectivity index (χ1v) is 28.1. The van der Waals surface area contributed by atoms with Crippen LogP contribution in [0.2, 0.25) is 0 Å². The summed E-state index contributed by atoms with van der Waals surface area (Å²) in [6.07, 6.45) is 39.9. The Bertz CT molecular complexity index is 1080. The largest absolute Gasteiger partial charge is 0.394 e. The number of aliphatic hydroxyl groups is 7. The summed E-state index contributed by atoms with van der Waals surface area (Å²) in [5, 5.41) is 76.0. The molecule has 1 saturated heterocycles. The summed E-state index contributed by atoms with van der Waals surface area (Å²) >= 11 is 0. The van der Waals surface area contributed by atoms with E-state index in [-0.39, 0.29) is 12.8 Å². The Balaban J connectivity index is 2.32. The molecule has 1 amide bonds. The maximum absolute atomic E-state index is 13.1. The molecule has 0 aromatic heterocycles. The van der Waals surface area contributed by atoms with Crippen molar-refractivity contribution >= 4 is 5.91 Å². The lowest BCUT2D eigenvalue weighted by atomic mass is 9.98. The zero-order chi connectivity index (χ0) is 48.3. The average Bonchev–Trinajstić information content (AvgIpc) is 3.32. The zero-order valence-electron chi connectivity index (χ0n) is 42.7. The quantitative estimate of drug-likeness (QED) is 0.0215. The van der Waals surface area contributed by atoms with E-state index in [1.165, 1.54) is 186 Å². The van der Waals surface area contributed by atoms with Gasteiger partial charge >= 0.3 is 0 Å². The monoisotopic (exact) mass is 942 g/mol. The van der Waals surface area contributed by atoms with Crippen molar-refractivity contribution in [1.29, 1.82) is 0 Å². The molecule has 1 heterocycles. The van der Waals surface area contributed by atoms with Gasteiger partial charge in [0.15, 0.2) is 6.29 Å². The summed E-state index contributed by atoms with van der Waals surface area (Å²) in [5.74, 6) is -0.702. The minimum absolute atomic E-state index is 0.259. The van der Waals surface area contributed by atoms with Crippen molar-refractivity contribution < 1.29 is 50.0 Å². The number of rotatable bonds is 48. The van der Waals surface area contributed by atoms with Crippen molar-refractivity contribution in [3.63, 3.8) is 0 Å². The number of allylic oxidation sites excluding steroid dienone is 2. The average molecular weight is 942 g/mol. The van der Waals surface area contributed by atoms with Gasteiger partial charge in [0.25, 0.3) is 0 Å². The van der Waals surface area contributed by atoms with Crippen LogP contribution in [0.5, 0.6) is 0 Å². The van der Waals surface area contributed by atoms with E-state index in [0.29, 0.717) is 12.8 Å². The molecule has 9 unspecified atom stereocenters. The Labute approximate surface area is 404 Å². The Morgan fingerprint density at radius 3 is 1.30 bits per heavy atom. The number of amides is 1. The maximum Gasteiger partial charge on any atom is 0.249 e. The second-order valence-corrected chi connectivity index (χ2v) is 20.0. The molecule has 11 nitrogen and oxygen atoms in total. The molecular weight excluding hydrogens is 835 g/mol. The lowest BCUT2D eigenvalue weighted by Crippen LogP contribution is -2.60. The molecule has 0 aromatic carbocycles. The summed E-state index contributed by atoms with van der Waals surface area (Å²) in [5.41, 5.74) is 0. The van der Waals surface area contributed by atoms with Crippen molar-refractivity contribution in [2.75, 3.05) is 13.2 Å². The number of nitrogens with one attached hydrogen (secondary N) is 1. The fraction of sp³-hybridized carbons (Fsp3) is 0.945. The molecule has 1 rings (SSSR count). The predicted octanol–water partition coefficient (Wildman–Crippen LogP) is 11.2. The Morgan fingerprint density at radius 2 is 0.894 bits per heavy atom. The molecule has 0 bridgehead atoms. The second-order valence-electron chi connectivity index (χ2n) is 20.0. The number of carbonyl (C=O) groups is 1. The van der Waals surface area contributed by atoms with Crippen LogP contribution in [0, 0.1) is 0 Å². The van der Waals surface area contributed by atoms with E-state index < -0.39 is 74.2 Å². The van der Waals surface area contributed by atoms with E-state index in [1.807, 2.05) is 0 Å². The van der Waals surface area contributed by atoms with Gasteiger partial charge in [-0.05, 0) is 38.5 Å². The van der Waals surface area contributed by atoms with Gasteiger partial charge in [-0.3, -0.25) is 4.79 Å². The van der Waals surface area contributed by atoms with Crippen LogP contribution in [-0.2, 0) is 14.3 Å². The first-order chi connectivity index (χ1) is 32.2. The summed E-state index contributed by atoms with van der Waals surface area (Å²) in [6, 6.07) is -1.18. The van der Waals surface area contributed by atoms with Gasteiger partial charge in [-0.25, -0.2) is 0 Å². The van der Waals surface area contributed by atoms with Crippen LogP contribution in [0.15, 0.2) is 12.2 Å². The molecule has 0 aliphatic carbocycles. The first kappa shape index (κ1) is 62.9. The summed E-state index contributed by atoms with van der Waals surface area (Å²) in [6.45, 7) is 3.46. The van der Waals surface area contributed by atoms with Gasteiger partial charge in [0.2, 0.25) is 5.91 Å². The van der Waals surface area contributed by atoms with E-state index in [4.69, 9.17) is 9.47 Å². The van der Waals surface area contributed by atoms with Gasteiger partial charge in [0, 0.05) is 0 Å². The number of hydrogen-bond donors (Lipinski definition) is 8. The third-order valence-corrected chi connectivity index (χ3v) is 13.8. The molecule has 1 aliphatic heterocycles. The van der Waals surface area contributed by atoms with Gasteiger partial charge in [0.05, 0.1) is 25.4 Å². The molecule has 0 radical (unpaired) electrons. The van der Waals surface area contributed by atoms with Gasteiger partial charge < -0.3 is 50.5 Å². The van der Waals surface area contributed by atoms with Crippen molar-refractivity contribution in [1.82, 2.24) is 5.32 Å². The Morgan fingerprint density at radius 1 is 0.515 bits per heavy atom. The van der Waals surface area contributed by atoms with Crippen LogP contribution >= 0.6 is 0 Å². The van der Waals surface area contributed by atoms with Crippen molar-refractivity contribution in [2.24, 2.45) is 0 Å². The standard InChI is InChI=1S/C55H107NO10/c1-3-5-7-9-11-13-15-17-19-20-21-22-23-24-25-26-27-28-29-31-32-34-36-38-40-42-47(58)50(60)46(45-65-55-53(63)52(62)51(61)49(44-57)66-55)56-54(64)48(59)43-41-39-37-35-33-30-18-16-14-12-10-8-6-4-2/h34,36,46-53,55,57-63H,3-33,35,37-45H2,1-2H3,(H,56,64)/b36-34+. The van der Waals surface area contributed by atoms with Crippen LogP contribution in [-0.4, -0.2) is 110 Å². The number of carbonyl (C=O) groups excluding carboxylic acids is 1. The van der Waals surface area contributed by atoms with Crippen LogP contribution in [0.3, 0.4) is 0 Å². The van der Waals surface area contributed by atoms with Crippen molar-refractivity contribution in [2.45, 2.75) is 319 Å². The lowest BCUT2D eigenvalue weighted by molar-refractivity contribution is -0.303. The molecule has 11 heteroatoms. The van der Waals surface area contributed by atoms with Crippen molar-refractivity contribution in [3.8, 4) is 0 Å². The van der Waals surface area contributed by atoms with Crippen LogP contribution in [0.1, 0.15) is 264 Å². The molecule has 392 valence electrons. The van der Waals surface area contributed by atoms with E-state index in [1.54, 1.807) is 0 Å². The van der Waals surface area contributed by atoms with E-state index in [0.717, 1.165) is 38.5 Å². The van der Waals surface area contributed by atoms with Crippen LogP contribution in [0.4, 0.5) is 0 Å². The fourth-order valence-corrected chi connectivity index (χ4v) is 9.21. The Kier molecular flexibility index (Phi) is 42.9.